The van der Waals surface area contributed by atoms with Crippen molar-refractivity contribution in [1.29, 1.82) is 0 Å². The summed E-state index contributed by atoms with van der Waals surface area (Å²) >= 11 is 1.37. The van der Waals surface area contributed by atoms with Crippen molar-refractivity contribution < 1.29 is 28.6 Å². The van der Waals surface area contributed by atoms with Crippen LogP contribution in [0.25, 0.3) is 10.4 Å². The molecular formula is C24H28N2O6S. The Morgan fingerprint density at radius 3 is 2.73 bits per heavy atom. The van der Waals surface area contributed by atoms with Gasteiger partial charge in [0, 0.05) is 25.0 Å². The van der Waals surface area contributed by atoms with Crippen LogP contribution < -0.4 is 9.47 Å². The molecule has 0 radical (unpaired) electrons. The first-order valence-electron chi connectivity index (χ1n) is 11.2. The Morgan fingerprint density at radius 1 is 1.15 bits per heavy atom. The molecule has 1 unspecified atom stereocenters. The summed E-state index contributed by atoms with van der Waals surface area (Å²) in [6, 6.07) is 9.40. The van der Waals surface area contributed by atoms with E-state index in [0.717, 1.165) is 29.0 Å². The standard InChI is InChI=1S/C24H28N2O6S/c1-3-30-24(29)17-5-4-10-26(14-17)22(27)15-25(2)23(28)21-9-8-20(33-21)16-6-7-18-19(13-16)32-12-11-31-18/h6-9,13,17H,3-5,10-12,14-15H2,1-2H3. The van der Waals surface area contributed by atoms with Gasteiger partial charge in [0.2, 0.25) is 5.91 Å². The molecule has 8 nitrogen and oxygen atoms in total. The molecule has 0 bridgehead atoms. The van der Waals surface area contributed by atoms with Gasteiger partial charge >= 0.3 is 5.97 Å². The van der Waals surface area contributed by atoms with Gasteiger partial charge in [0.1, 0.15) is 13.2 Å². The lowest BCUT2D eigenvalue weighted by atomic mass is 9.98. The SMILES string of the molecule is CCOC(=O)C1CCCN(C(=O)CN(C)C(=O)c2ccc(-c3ccc4c(c3)OCCO4)s2)C1. The van der Waals surface area contributed by atoms with E-state index < -0.39 is 0 Å². The minimum absolute atomic E-state index is 0.0361. The summed E-state index contributed by atoms with van der Waals surface area (Å²) in [6.07, 6.45) is 1.46. The monoisotopic (exact) mass is 472 g/mol. The van der Waals surface area contributed by atoms with Gasteiger partial charge in [-0.05, 0) is 55.7 Å². The first kappa shape index (κ1) is 23.1. The van der Waals surface area contributed by atoms with Gasteiger partial charge in [-0.3, -0.25) is 14.4 Å². The highest BCUT2D eigenvalue weighted by Crippen LogP contribution is 2.37. The van der Waals surface area contributed by atoms with Crippen molar-refractivity contribution >= 4 is 29.1 Å². The first-order chi connectivity index (χ1) is 16.0. The number of likely N-dealkylation sites (tertiary alicyclic amines) is 1. The van der Waals surface area contributed by atoms with Crippen LogP contribution in [0.3, 0.4) is 0 Å². The van der Waals surface area contributed by atoms with Crippen LogP contribution in [0.2, 0.25) is 0 Å². The number of hydrogen-bond acceptors (Lipinski definition) is 7. The number of piperidine rings is 1. The second-order valence-corrected chi connectivity index (χ2v) is 9.20. The third-order valence-electron chi connectivity index (χ3n) is 5.76. The second-order valence-electron chi connectivity index (χ2n) is 8.11. The zero-order valence-corrected chi connectivity index (χ0v) is 19.7. The van der Waals surface area contributed by atoms with Crippen molar-refractivity contribution in [2.45, 2.75) is 19.8 Å². The highest BCUT2D eigenvalue weighted by molar-refractivity contribution is 7.17. The number of likely N-dealkylation sites (N-methyl/N-ethyl adjacent to an activating group) is 1. The Morgan fingerprint density at radius 2 is 1.94 bits per heavy atom. The predicted octanol–water partition coefficient (Wildman–Crippen LogP) is 3.06. The summed E-state index contributed by atoms with van der Waals surface area (Å²) in [7, 11) is 1.62. The van der Waals surface area contributed by atoms with E-state index in [2.05, 4.69) is 0 Å². The lowest BCUT2D eigenvalue weighted by molar-refractivity contribution is -0.151. The molecule has 2 aliphatic heterocycles. The number of carbonyl (C=O) groups excluding carboxylic acids is 3. The number of esters is 1. The maximum atomic E-state index is 12.9. The molecule has 1 saturated heterocycles. The number of fused-ring (bicyclic) bond motifs is 1. The molecule has 176 valence electrons. The van der Waals surface area contributed by atoms with E-state index in [4.69, 9.17) is 14.2 Å². The van der Waals surface area contributed by atoms with Crippen LogP contribution in [-0.4, -0.2) is 74.1 Å². The Balaban J connectivity index is 1.37. The predicted molar refractivity (Wildman–Crippen MR) is 124 cm³/mol. The molecule has 2 aliphatic rings. The van der Waals surface area contributed by atoms with Crippen LogP contribution in [0.4, 0.5) is 0 Å². The number of amides is 2. The van der Waals surface area contributed by atoms with Gasteiger partial charge < -0.3 is 24.0 Å². The zero-order valence-electron chi connectivity index (χ0n) is 18.9. The molecule has 0 saturated carbocycles. The third-order valence-corrected chi connectivity index (χ3v) is 6.88. The lowest BCUT2D eigenvalue weighted by Crippen LogP contribution is -2.47. The summed E-state index contributed by atoms with van der Waals surface area (Å²) in [6.45, 7) is 4.04. The van der Waals surface area contributed by atoms with E-state index in [-0.39, 0.29) is 30.2 Å². The van der Waals surface area contributed by atoms with Crippen LogP contribution in [0.1, 0.15) is 29.4 Å². The molecule has 1 aromatic carbocycles. The van der Waals surface area contributed by atoms with Crippen LogP contribution in [0.5, 0.6) is 11.5 Å². The molecule has 9 heteroatoms. The first-order valence-corrected chi connectivity index (χ1v) is 12.0. The topological polar surface area (TPSA) is 85.4 Å². The number of carbonyl (C=O) groups is 3. The summed E-state index contributed by atoms with van der Waals surface area (Å²) in [4.78, 5) is 42.3. The molecule has 1 fully saturated rings. The normalized spacial score (nSPS) is 17.4. The Hall–Kier alpha value is -3.07. The number of hydrogen-bond donors (Lipinski definition) is 0. The van der Waals surface area contributed by atoms with Gasteiger partial charge in [-0.1, -0.05) is 0 Å². The van der Waals surface area contributed by atoms with E-state index in [1.54, 1.807) is 24.9 Å². The number of thiophene rings is 1. The summed E-state index contributed by atoms with van der Waals surface area (Å²) in [5, 5.41) is 0. The van der Waals surface area contributed by atoms with Crippen molar-refractivity contribution in [1.82, 2.24) is 9.80 Å². The molecule has 1 atom stereocenters. The van der Waals surface area contributed by atoms with Crippen molar-refractivity contribution in [2.24, 2.45) is 5.92 Å². The van der Waals surface area contributed by atoms with Crippen LogP contribution >= 0.6 is 11.3 Å². The van der Waals surface area contributed by atoms with Gasteiger partial charge in [0.05, 0.1) is 23.9 Å². The van der Waals surface area contributed by atoms with Gasteiger partial charge in [-0.25, -0.2) is 0 Å². The molecule has 2 aromatic rings. The van der Waals surface area contributed by atoms with E-state index in [1.165, 1.54) is 16.2 Å². The van der Waals surface area contributed by atoms with E-state index >= 15 is 0 Å². The molecule has 1 aromatic heterocycles. The molecule has 0 aliphatic carbocycles. The highest BCUT2D eigenvalue weighted by atomic mass is 32.1. The summed E-state index contributed by atoms with van der Waals surface area (Å²) < 4.78 is 16.3. The van der Waals surface area contributed by atoms with Crippen molar-refractivity contribution in [3.05, 3.63) is 35.2 Å². The van der Waals surface area contributed by atoms with Crippen LogP contribution in [0, 0.1) is 5.92 Å². The molecule has 0 N–H and O–H groups in total. The zero-order chi connectivity index (χ0) is 23.4. The largest absolute Gasteiger partial charge is 0.486 e. The van der Waals surface area contributed by atoms with E-state index in [0.29, 0.717) is 43.5 Å². The third kappa shape index (κ3) is 5.30. The maximum Gasteiger partial charge on any atom is 0.310 e. The fourth-order valence-corrected chi connectivity index (χ4v) is 5.02. The molecule has 3 heterocycles. The summed E-state index contributed by atoms with van der Waals surface area (Å²) in [5.74, 6) is 0.489. The maximum absolute atomic E-state index is 12.9. The van der Waals surface area contributed by atoms with Crippen molar-refractivity contribution in [3.63, 3.8) is 0 Å². The van der Waals surface area contributed by atoms with E-state index in [9.17, 15) is 14.4 Å². The van der Waals surface area contributed by atoms with Gasteiger partial charge in [-0.2, -0.15) is 0 Å². The average molecular weight is 473 g/mol. The highest BCUT2D eigenvalue weighted by Gasteiger charge is 2.30. The number of ether oxygens (including phenoxy) is 3. The van der Waals surface area contributed by atoms with Crippen LogP contribution in [-0.2, 0) is 14.3 Å². The van der Waals surface area contributed by atoms with E-state index in [1.807, 2.05) is 24.3 Å². The molecule has 4 rings (SSSR count). The Bertz CT molecular complexity index is 1040. The minimum atomic E-state index is -0.297. The van der Waals surface area contributed by atoms with Gasteiger partial charge in [-0.15, -0.1) is 11.3 Å². The number of nitrogens with zero attached hydrogens (tertiary/aromatic N) is 2. The minimum Gasteiger partial charge on any atom is -0.486 e. The lowest BCUT2D eigenvalue weighted by Gasteiger charge is -2.32. The molecule has 0 spiro atoms. The average Bonchev–Trinajstić information content (AvgIpc) is 3.33. The fraction of sp³-hybridized carbons (Fsp3) is 0.458. The second kappa shape index (κ2) is 10.2. The molecular weight excluding hydrogens is 444 g/mol. The van der Waals surface area contributed by atoms with Gasteiger partial charge in [0.25, 0.3) is 5.91 Å². The Labute approximate surface area is 197 Å². The molecule has 2 amide bonds. The summed E-state index contributed by atoms with van der Waals surface area (Å²) in [5.41, 5.74) is 0.945. The van der Waals surface area contributed by atoms with Crippen molar-refractivity contribution in [2.75, 3.05) is 46.5 Å². The fourth-order valence-electron chi connectivity index (χ4n) is 4.02. The smallest absolute Gasteiger partial charge is 0.310 e. The van der Waals surface area contributed by atoms with Crippen LogP contribution in [0.15, 0.2) is 30.3 Å². The number of rotatable bonds is 6. The molecule has 33 heavy (non-hydrogen) atoms. The number of benzene rings is 1. The van der Waals surface area contributed by atoms with Crippen molar-refractivity contribution in [3.8, 4) is 21.9 Å². The Kier molecular flexibility index (Phi) is 7.17. The quantitative estimate of drug-likeness (QED) is 0.601. The van der Waals surface area contributed by atoms with Gasteiger partial charge in [0.15, 0.2) is 11.5 Å².